The first-order valence-corrected chi connectivity index (χ1v) is 10.7. The van der Waals surface area contributed by atoms with Crippen LogP contribution in [0.1, 0.15) is 19.3 Å². The summed E-state index contributed by atoms with van der Waals surface area (Å²) in [6.45, 7) is -0.166. The molecule has 0 aromatic rings. The molecular weight excluding hydrogens is 410 g/mol. The summed E-state index contributed by atoms with van der Waals surface area (Å²) in [6, 6.07) is -1.75. The zero-order valence-electron chi connectivity index (χ0n) is 13.9. The lowest BCUT2D eigenvalue weighted by Gasteiger charge is -2.41. The van der Waals surface area contributed by atoms with Crippen LogP contribution in [0.2, 0.25) is 0 Å². The number of amides is 3. The van der Waals surface area contributed by atoms with Crippen molar-refractivity contribution < 1.29 is 40.0 Å². The molecule has 154 valence electrons. The number of hydrogen-bond donors (Lipinski definition) is 3. The molecule has 3 saturated heterocycles. The number of piperidine rings is 1. The molecule has 16 heteroatoms. The first kappa shape index (κ1) is 20.2. The molecule has 3 aliphatic heterocycles. The largest absolute Gasteiger partial charge is 0.418 e. The van der Waals surface area contributed by atoms with E-state index in [9.17, 15) is 26.4 Å². The molecule has 0 spiro atoms. The Morgan fingerprint density at radius 2 is 1.89 bits per heavy atom. The van der Waals surface area contributed by atoms with E-state index in [0.717, 1.165) is 9.21 Å². The number of nitrogens with zero attached hydrogens (tertiary/aromatic N) is 3. The third-order valence-corrected chi connectivity index (χ3v) is 6.19. The highest BCUT2D eigenvalue weighted by Gasteiger charge is 2.59. The number of fused-ring (bicyclic) bond motifs is 2. The van der Waals surface area contributed by atoms with Crippen molar-refractivity contribution in [1.29, 1.82) is 0 Å². The number of rotatable bonds is 6. The van der Waals surface area contributed by atoms with Crippen LogP contribution >= 0.6 is 0 Å². The fraction of sp³-hybridized carbons (Fsp3) is 0.818. The summed E-state index contributed by atoms with van der Waals surface area (Å²) in [4.78, 5) is 25.6. The van der Waals surface area contributed by atoms with Crippen molar-refractivity contribution in [3.8, 4) is 0 Å². The van der Waals surface area contributed by atoms with E-state index >= 15 is 0 Å². The maximum atomic E-state index is 12.5. The van der Waals surface area contributed by atoms with Gasteiger partial charge in [0.05, 0.1) is 12.1 Å². The van der Waals surface area contributed by atoms with Crippen molar-refractivity contribution in [1.82, 2.24) is 14.3 Å². The minimum Gasteiger partial charge on any atom is -0.365 e. The summed E-state index contributed by atoms with van der Waals surface area (Å²) in [5.74, 6) is -0.989. The fourth-order valence-corrected chi connectivity index (χ4v) is 4.70. The van der Waals surface area contributed by atoms with E-state index in [1.54, 1.807) is 0 Å². The van der Waals surface area contributed by atoms with E-state index in [1.807, 2.05) is 0 Å². The van der Waals surface area contributed by atoms with Crippen LogP contribution in [0, 0.1) is 0 Å². The molecule has 3 amide bonds. The van der Waals surface area contributed by atoms with Gasteiger partial charge in [-0.15, -0.1) is 4.28 Å². The highest BCUT2D eigenvalue weighted by atomic mass is 32.3. The van der Waals surface area contributed by atoms with Gasteiger partial charge in [-0.3, -0.25) is 14.2 Å². The number of nitrogens with two attached hydrogens (primary N) is 2. The Morgan fingerprint density at radius 3 is 2.41 bits per heavy atom. The summed E-state index contributed by atoms with van der Waals surface area (Å²) < 4.78 is 64.6. The molecule has 0 aromatic heterocycles. The SMILES string of the molecule is NC(=O)[C@@]1(OC2CCN(S(N)(=O)=O)C2)CC[C@@H]2CN1C(=O)N2OS(=O)(=O)O. The van der Waals surface area contributed by atoms with Gasteiger partial charge < -0.3 is 10.5 Å². The lowest BCUT2D eigenvalue weighted by atomic mass is 9.96. The zero-order valence-corrected chi connectivity index (χ0v) is 15.6. The number of urea groups is 1. The van der Waals surface area contributed by atoms with E-state index in [1.165, 1.54) is 0 Å². The quantitative estimate of drug-likeness (QED) is 0.370. The molecule has 2 bridgehead atoms. The number of hydrogen-bond acceptors (Lipinski definition) is 8. The number of hydroxylamine groups is 2. The smallest absolute Gasteiger partial charge is 0.365 e. The molecule has 3 rings (SSSR count). The van der Waals surface area contributed by atoms with Gasteiger partial charge in [0.2, 0.25) is 5.72 Å². The van der Waals surface area contributed by atoms with Gasteiger partial charge in [0, 0.05) is 26.1 Å². The maximum absolute atomic E-state index is 12.5. The summed E-state index contributed by atoms with van der Waals surface area (Å²) in [5.41, 5.74) is 3.58. The van der Waals surface area contributed by atoms with Crippen molar-refractivity contribution in [2.45, 2.75) is 37.1 Å². The Hall–Kier alpha value is -1.56. The highest BCUT2D eigenvalue weighted by molar-refractivity contribution is 7.86. The molecule has 14 nitrogen and oxygen atoms in total. The molecule has 0 aliphatic carbocycles. The number of ether oxygens (including phenoxy) is 1. The summed E-state index contributed by atoms with van der Waals surface area (Å²) in [5, 5.41) is 5.52. The fourth-order valence-electron chi connectivity index (χ4n) is 3.58. The second-order valence-electron chi connectivity index (χ2n) is 6.49. The van der Waals surface area contributed by atoms with Crippen LogP contribution in [0.25, 0.3) is 0 Å². The van der Waals surface area contributed by atoms with Crippen LogP contribution in [0.3, 0.4) is 0 Å². The third-order valence-electron chi connectivity index (χ3n) is 4.79. The van der Waals surface area contributed by atoms with Gasteiger partial charge in [0.15, 0.2) is 0 Å². The topological polar surface area (TPSA) is 203 Å². The van der Waals surface area contributed by atoms with Crippen molar-refractivity contribution in [3.63, 3.8) is 0 Å². The van der Waals surface area contributed by atoms with E-state index < -0.39 is 50.4 Å². The van der Waals surface area contributed by atoms with Crippen molar-refractivity contribution in [2.24, 2.45) is 10.9 Å². The molecule has 0 aromatic carbocycles. The standard InChI is InChI=1S/C11H19N5O9S2/c12-9(17)11(24-8-2-4-14(6-8)26(13,19)20)3-1-7-5-15(11)10(18)16(7)25-27(21,22)23/h7-8H,1-6H2,(H2,12,17)(H2,13,19,20)(H,21,22,23)/t7-,8?,11+/m1/s1. The lowest BCUT2D eigenvalue weighted by molar-refractivity contribution is -0.187. The van der Waals surface area contributed by atoms with Crippen LogP contribution in [0.15, 0.2) is 0 Å². The van der Waals surface area contributed by atoms with E-state index in [0.29, 0.717) is 5.06 Å². The third kappa shape index (κ3) is 3.73. The number of primary amides is 1. The van der Waals surface area contributed by atoms with Crippen molar-refractivity contribution in [2.75, 3.05) is 19.6 Å². The average Bonchev–Trinajstić information content (AvgIpc) is 3.08. The predicted molar refractivity (Wildman–Crippen MR) is 85.7 cm³/mol. The highest BCUT2D eigenvalue weighted by Crippen LogP contribution is 2.39. The first-order valence-electron chi connectivity index (χ1n) is 7.87. The Kier molecular flexibility index (Phi) is 4.86. The molecule has 3 heterocycles. The Bertz CT molecular complexity index is 861. The monoisotopic (exact) mass is 429 g/mol. The molecule has 0 radical (unpaired) electrons. The minimum atomic E-state index is -4.95. The minimum absolute atomic E-state index is 0.0596. The second kappa shape index (κ2) is 6.50. The van der Waals surface area contributed by atoms with Crippen molar-refractivity contribution >= 4 is 32.5 Å². The lowest BCUT2D eigenvalue weighted by Crippen LogP contribution is -2.63. The van der Waals surface area contributed by atoms with Crippen LogP contribution < -0.4 is 10.9 Å². The average molecular weight is 429 g/mol. The first-order chi connectivity index (χ1) is 12.3. The van der Waals surface area contributed by atoms with Gasteiger partial charge in [0.25, 0.3) is 16.1 Å². The Balaban J connectivity index is 1.82. The predicted octanol–water partition coefficient (Wildman–Crippen LogP) is -2.90. The maximum Gasteiger partial charge on any atom is 0.418 e. The van der Waals surface area contributed by atoms with E-state index in [2.05, 4.69) is 4.28 Å². The number of carbonyl (C=O) groups is 2. The molecule has 3 aliphatic rings. The summed E-state index contributed by atoms with van der Waals surface area (Å²) >= 11 is 0. The van der Waals surface area contributed by atoms with Crippen LogP contribution in [-0.2, 0) is 34.4 Å². The zero-order chi connectivity index (χ0) is 20.2. The van der Waals surface area contributed by atoms with Crippen molar-refractivity contribution in [3.05, 3.63) is 0 Å². The normalized spacial score (nSPS) is 32.3. The molecular formula is C11H19N5O9S2. The van der Waals surface area contributed by atoms with Gasteiger partial charge in [-0.2, -0.15) is 26.2 Å². The Morgan fingerprint density at radius 1 is 1.22 bits per heavy atom. The molecule has 0 saturated carbocycles. The molecule has 27 heavy (non-hydrogen) atoms. The van der Waals surface area contributed by atoms with E-state index in [4.69, 9.17) is 20.2 Å². The molecule has 5 N–H and O–H groups in total. The van der Waals surface area contributed by atoms with E-state index in [-0.39, 0.29) is 38.9 Å². The van der Waals surface area contributed by atoms with Gasteiger partial charge in [0.1, 0.15) is 0 Å². The van der Waals surface area contributed by atoms with Crippen LogP contribution in [0.4, 0.5) is 4.79 Å². The molecule has 3 atom stereocenters. The Labute approximate surface area is 155 Å². The van der Waals surface area contributed by atoms with Crippen LogP contribution in [-0.4, -0.2) is 85.1 Å². The molecule has 1 unspecified atom stereocenters. The van der Waals surface area contributed by atoms with Gasteiger partial charge in [-0.1, -0.05) is 0 Å². The van der Waals surface area contributed by atoms with Crippen LogP contribution in [0.5, 0.6) is 0 Å². The van der Waals surface area contributed by atoms with Gasteiger partial charge in [-0.05, 0) is 12.8 Å². The summed E-state index contributed by atoms with van der Waals surface area (Å²) in [6.07, 6.45) is -0.485. The molecule has 3 fully saturated rings. The number of carbonyl (C=O) groups excluding carboxylic acids is 2. The van der Waals surface area contributed by atoms with Gasteiger partial charge in [-0.25, -0.2) is 9.93 Å². The summed E-state index contributed by atoms with van der Waals surface area (Å²) in [7, 11) is -8.88. The second-order valence-corrected chi connectivity index (χ2v) is 9.04. The van der Waals surface area contributed by atoms with Gasteiger partial charge >= 0.3 is 16.4 Å².